The van der Waals surface area contributed by atoms with Gasteiger partial charge in [0, 0.05) is 23.3 Å². The summed E-state index contributed by atoms with van der Waals surface area (Å²) in [5, 5.41) is 65.4. The predicted octanol–water partition coefficient (Wildman–Crippen LogP) is 4.61. The van der Waals surface area contributed by atoms with Crippen LogP contribution in [0.15, 0.2) is 12.1 Å². The normalized spacial score (nSPS) is 10.8. The Morgan fingerprint density at radius 3 is 0.971 bits per heavy atom. The third kappa shape index (κ3) is 4.52. The molecule has 0 bridgehead atoms. The van der Waals surface area contributed by atoms with Crippen molar-refractivity contribution < 1.29 is 29.5 Å². The van der Waals surface area contributed by atoms with E-state index in [0.717, 1.165) is 12.2 Å². The zero-order valence-electron chi connectivity index (χ0n) is 15.6. The van der Waals surface area contributed by atoms with Crippen molar-refractivity contribution in [3.05, 3.63) is 94.0 Å². The van der Waals surface area contributed by atoms with E-state index in [1.807, 2.05) is 0 Å². The fourth-order valence-corrected chi connectivity index (χ4v) is 3.23. The molecular weight excluding hydrogens is 515 g/mol. The van der Waals surface area contributed by atoms with Gasteiger partial charge in [0.2, 0.25) is 0 Å². The lowest BCUT2D eigenvalue weighted by molar-refractivity contribution is -0.441. The van der Waals surface area contributed by atoms with Crippen LogP contribution in [-0.2, 0) is 0 Å². The van der Waals surface area contributed by atoms with Crippen LogP contribution in [0.25, 0.3) is 12.2 Å². The van der Waals surface area contributed by atoms with Gasteiger partial charge in [-0.3, -0.25) is 60.7 Å². The number of hydrogen-bond acceptors (Lipinski definition) is 12. The van der Waals surface area contributed by atoms with Crippen LogP contribution in [0.3, 0.4) is 0 Å². The second-order valence-corrected chi connectivity index (χ2v) is 6.62. The minimum absolute atomic E-state index is 0.478. The average molecular weight is 519 g/mol. The highest BCUT2D eigenvalue weighted by Crippen LogP contribution is 2.46. The molecule has 0 saturated heterocycles. The van der Waals surface area contributed by atoms with Crippen LogP contribution < -0.4 is 0 Å². The predicted molar refractivity (Wildman–Crippen MR) is 112 cm³/mol. The van der Waals surface area contributed by atoms with Crippen LogP contribution in [0.2, 0.25) is 10.0 Å². The number of nitro benzene ring substituents is 6. The van der Waals surface area contributed by atoms with Gasteiger partial charge in [-0.05, 0) is 0 Å². The number of halogens is 2. The van der Waals surface area contributed by atoms with Gasteiger partial charge in [-0.25, -0.2) is 0 Å². The van der Waals surface area contributed by atoms with Crippen LogP contribution in [0.1, 0.15) is 11.1 Å². The van der Waals surface area contributed by atoms with Crippen molar-refractivity contribution in [2.24, 2.45) is 0 Å². The van der Waals surface area contributed by atoms with E-state index < -0.39 is 84.8 Å². The highest BCUT2D eigenvalue weighted by atomic mass is 35.5. The van der Waals surface area contributed by atoms with Gasteiger partial charge in [0.05, 0.1) is 29.5 Å². The maximum atomic E-state index is 11.3. The van der Waals surface area contributed by atoms with E-state index in [-0.39, 0.29) is 0 Å². The van der Waals surface area contributed by atoms with Crippen molar-refractivity contribution >= 4 is 69.5 Å². The first-order valence-corrected chi connectivity index (χ1v) is 8.73. The van der Waals surface area contributed by atoms with Crippen LogP contribution >= 0.6 is 23.2 Å². The molecule has 0 fully saturated rings. The summed E-state index contributed by atoms with van der Waals surface area (Å²) >= 11 is 11.6. The molecule has 0 saturated carbocycles. The second kappa shape index (κ2) is 9.34. The monoisotopic (exact) mass is 518 g/mol. The van der Waals surface area contributed by atoms with Gasteiger partial charge in [-0.2, -0.15) is 0 Å². The molecule has 0 heterocycles. The highest BCUT2D eigenvalue weighted by Gasteiger charge is 2.41. The van der Waals surface area contributed by atoms with Crippen molar-refractivity contribution in [2.45, 2.75) is 0 Å². The molecule has 0 amide bonds. The number of rotatable bonds is 8. The molecular formula is C14H4Cl2N6O12. The molecule has 0 radical (unpaired) electrons. The Morgan fingerprint density at radius 2 is 0.765 bits per heavy atom. The highest BCUT2D eigenvalue weighted by molar-refractivity contribution is 6.36. The van der Waals surface area contributed by atoms with Crippen LogP contribution in [0, 0.1) is 60.7 Å². The Hall–Kier alpha value is -4.84. The summed E-state index contributed by atoms with van der Waals surface area (Å²) < 4.78 is 0. The maximum Gasteiger partial charge on any atom is 0.423 e. The van der Waals surface area contributed by atoms with Gasteiger partial charge in [0.1, 0.15) is 10.0 Å². The number of hydrogen-bond donors (Lipinski definition) is 0. The Balaban J connectivity index is 2.89. The number of benzene rings is 2. The summed E-state index contributed by atoms with van der Waals surface area (Å²) in [7, 11) is 0. The molecule has 0 aromatic heterocycles. The zero-order chi connectivity index (χ0) is 26.1. The van der Waals surface area contributed by atoms with Gasteiger partial charge in [0.25, 0.3) is 0 Å². The van der Waals surface area contributed by atoms with Crippen LogP contribution in [0.5, 0.6) is 0 Å². The van der Waals surface area contributed by atoms with Crippen molar-refractivity contribution in [2.75, 3.05) is 0 Å². The van der Waals surface area contributed by atoms with E-state index in [1.165, 1.54) is 0 Å². The summed E-state index contributed by atoms with van der Waals surface area (Å²) in [5.74, 6) is 0. The maximum absolute atomic E-state index is 11.3. The lowest BCUT2D eigenvalue weighted by Gasteiger charge is -2.04. The van der Waals surface area contributed by atoms with Crippen LogP contribution in [-0.4, -0.2) is 29.5 Å². The molecule has 18 nitrogen and oxygen atoms in total. The Bertz CT molecular complexity index is 1260. The van der Waals surface area contributed by atoms with E-state index in [2.05, 4.69) is 0 Å². The minimum Gasteiger partial charge on any atom is -0.258 e. The number of nitro groups is 6. The van der Waals surface area contributed by atoms with Gasteiger partial charge in [0.15, 0.2) is 0 Å². The van der Waals surface area contributed by atoms with Gasteiger partial charge < -0.3 is 0 Å². The van der Waals surface area contributed by atoms with E-state index >= 15 is 0 Å². The van der Waals surface area contributed by atoms with E-state index in [4.69, 9.17) is 23.2 Å². The quantitative estimate of drug-likeness (QED) is 0.263. The first kappa shape index (κ1) is 25.4. The van der Waals surface area contributed by atoms with Gasteiger partial charge in [-0.15, -0.1) is 0 Å². The first-order valence-electron chi connectivity index (χ1n) is 7.98. The molecule has 2 aromatic rings. The molecule has 20 heteroatoms. The van der Waals surface area contributed by atoms with Crippen LogP contribution in [0.4, 0.5) is 34.1 Å². The van der Waals surface area contributed by atoms with Crippen molar-refractivity contribution in [1.82, 2.24) is 0 Å². The summed E-state index contributed by atoms with van der Waals surface area (Å²) in [6.45, 7) is 0. The third-order valence-electron chi connectivity index (χ3n) is 4.01. The minimum atomic E-state index is -1.52. The Labute approximate surface area is 193 Å². The van der Waals surface area contributed by atoms with Crippen molar-refractivity contribution in [3.63, 3.8) is 0 Å². The fourth-order valence-electron chi connectivity index (χ4n) is 2.68. The molecule has 0 spiro atoms. The first-order chi connectivity index (χ1) is 15.7. The van der Waals surface area contributed by atoms with Crippen molar-refractivity contribution in [3.8, 4) is 0 Å². The molecule has 0 N–H and O–H groups in total. The second-order valence-electron chi connectivity index (χ2n) is 5.87. The topological polar surface area (TPSA) is 259 Å². The summed E-state index contributed by atoms with van der Waals surface area (Å²) in [6.07, 6.45) is 1.46. The van der Waals surface area contributed by atoms with E-state index in [0.29, 0.717) is 12.1 Å². The molecule has 0 atom stereocenters. The Morgan fingerprint density at radius 1 is 0.500 bits per heavy atom. The molecule has 176 valence electrons. The summed E-state index contributed by atoms with van der Waals surface area (Å²) in [4.78, 5) is 59.2. The Kier molecular flexibility index (Phi) is 6.98. The summed E-state index contributed by atoms with van der Waals surface area (Å²) in [6, 6.07) is 0.957. The van der Waals surface area contributed by atoms with E-state index in [9.17, 15) is 60.7 Å². The van der Waals surface area contributed by atoms with Gasteiger partial charge in [-0.1, -0.05) is 35.4 Å². The van der Waals surface area contributed by atoms with Gasteiger partial charge >= 0.3 is 34.1 Å². The molecule has 0 unspecified atom stereocenters. The third-order valence-corrected chi connectivity index (χ3v) is 4.80. The van der Waals surface area contributed by atoms with Crippen molar-refractivity contribution in [1.29, 1.82) is 0 Å². The molecule has 0 aliphatic carbocycles. The summed E-state index contributed by atoms with van der Waals surface area (Å²) in [5.41, 5.74) is -9.72. The lowest BCUT2D eigenvalue weighted by Crippen LogP contribution is -2.04. The lowest BCUT2D eigenvalue weighted by atomic mass is 10.1. The average Bonchev–Trinajstić information content (AvgIpc) is 2.71. The molecule has 2 rings (SSSR count). The smallest absolute Gasteiger partial charge is 0.258 e. The molecule has 0 aliphatic rings. The SMILES string of the molecule is O=[N+]([O-])c1cc(/C=C/c2cc([N+](=O)[O-])c([N+](=O)[O-])c([N+](=O)[O-])c2Cl)c(Cl)c([N+](=O)[O-])c1[N+](=O)[O-]. The zero-order valence-corrected chi connectivity index (χ0v) is 17.2. The standard InChI is InChI=1S/C14H4Cl2N6O12/c15-9-5(3-7(17(23)24)11(19(27)28)13(9)21(31)32)1-2-6-4-8(18(25)26)12(20(29)30)14(10(6)16)22(33)34/h1-4H/b2-1+. The largest absolute Gasteiger partial charge is 0.423 e. The molecule has 2 aromatic carbocycles. The van der Waals surface area contributed by atoms with E-state index in [1.54, 1.807) is 0 Å². The fraction of sp³-hybridized carbons (Fsp3) is 0. The number of nitrogens with zero attached hydrogens (tertiary/aromatic N) is 6. The molecule has 34 heavy (non-hydrogen) atoms. The molecule has 0 aliphatic heterocycles.